The fourth-order valence-corrected chi connectivity index (χ4v) is 4.39. The van der Waals surface area contributed by atoms with Crippen molar-refractivity contribution in [2.45, 2.75) is 52.5 Å². The highest BCUT2D eigenvalue weighted by atomic mass is 127. The van der Waals surface area contributed by atoms with Gasteiger partial charge in [0.2, 0.25) is 5.91 Å². The predicted octanol–water partition coefficient (Wildman–Crippen LogP) is 2.49. The molecule has 0 aromatic rings. The Morgan fingerprint density at radius 2 is 1.89 bits per heavy atom. The summed E-state index contributed by atoms with van der Waals surface area (Å²) in [7, 11) is 3.71. The van der Waals surface area contributed by atoms with Gasteiger partial charge in [-0.2, -0.15) is 0 Å². The molecule has 2 fully saturated rings. The van der Waals surface area contributed by atoms with Gasteiger partial charge in [0.05, 0.1) is 6.04 Å². The molecule has 0 aromatic carbocycles. The first-order valence-corrected chi connectivity index (χ1v) is 10.4. The van der Waals surface area contributed by atoms with E-state index in [4.69, 9.17) is 4.99 Å². The normalized spacial score (nSPS) is 26.6. The molecule has 0 aromatic heterocycles. The lowest BCUT2D eigenvalue weighted by Gasteiger charge is -2.37. The molecule has 2 aliphatic rings. The zero-order chi connectivity index (χ0) is 19.1. The molecule has 3 atom stereocenters. The van der Waals surface area contributed by atoms with Crippen LogP contribution in [0.1, 0.15) is 46.5 Å². The van der Waals surface area contributed by atoms with Crippen molar-refractivity contribution in [3.8, 4) is 0 Å². The van der Waals surface area contributed by atoms with E-state index in [9.17, 15) is 4.79 Å². The van der Waals surface area contributed by atoms with E-state index in [1.54, 1.807) is 4.90 Å². The van der Waals surface area contributed by atoms with Gasteiger partial charge in [0.1, 0.15) is 0 Å². The molecule has 1 amide bonds. The zero-order valence-electron chi connectivity index (χ0n) is 17.9. The van der Waals surface area contributed by atoms with Gasteiger partial charge in [-0.3, -0.25) is 14.7 Å². The molecule has 6 nitrogen and oxygen atoms in total. The number of likely N-dealkylation sites (N-methyl/N-ethyl adjacent to an activating group) is 1. The average molecular weight is 493 g/mol. The highest BCUT2D eigenvalue weighted by Crippen LogP contribution is 2.21. The summed E-state index contributed by atoms with van der Waals surface area (Å²) in [6.07, 6.45) is 4.43. The number of likely N-dealkylation sites (tertiary alicyclic amines) is 2. The van der Waals surface area contributed by atoms with E-state index >= 15 is 0 Å². The molecule has 2 saturated heterocycles. The number of carbonyl (C=O) groups excluding carboxylic acids is 1. The summed E-state index contributed by atoms with van der Waals surface area (Å²) in [4.78, 5) is 23.7. The third-order valence-corrected chi connectivity index (χ3v) is 5.46. The topological polar surface area (TPSA) is 51.2 Å². The largest absolute Gasteiger partial charge is 0.357 e. The Balaban J connectivity index is 0.00000364. The van der Waals surface area contributed by atoms with Gasteiger partial charge in [-0.15, -0.1) is 24.0 Å². The number of hydrogen-bond donors (Lipinski definition) is 1. The van der Waals surface area contributed by atoms with Crippen molar-refractivity contribution in [1.82, 2.24) is 20.0 Å². The third kappa shape index (κ3) is 7.40. The number of aliphatic imine (C=N–C) groups is 1. The van der Waals surface area contributed by atoms with E-state index in [2.05, 4.69) is 35.9 Å². The number of carbonyl (C=O) groups is 1. The molecule has 0 radical (unpaired) electrons. The molecule has 0 saturated carbocycles. The molecule has 2 aliphatic heterocycles. The molecule has 7 heteroatoms. The molecule has 2 rings (SSSR count). The smallest absolute Gasteiger partial charge is 0.239 e. The Morgan fingerprint density at radius 1 is 1.22 bits per heavy atom. The van der Waals surface area contributed by atoms with Crippen molar-refractivity contribution in [3.63, 3.8) is 0 Å². The zero-order valence-corrected chi connectivity index (χ0v) is 20.2. The summed E-state index contributed by atoms with van der Waals surface area (Å²) in [6, 6.07) is 0.0750. The van der Waals surface area contributed by atoms with Crippen LogP contribution < -0.4 is 5.32 Å². The van der Waals surface area contributed by atoms with Crippen molar-refractivity contribution < 1.29 is 4.79 Å². The first-order chi connectivity index (χ1) is 12.4. The van der Waals surface area contributed by atoms with Gasteiger partial charge in [-0.05, 0) is 51.0 Å². The summed E-state index contributed by atoms with van der Waals surface area (Å²) in [5.74, 6) is 2.76. The molecular weight excluding hydrogens is 453 g/mol. The van der Waals surface area contributed by atoms with E-state index < -0.39 is 0 Å². The van der Waals surface area contributed by atoms with Gasteiger partial charge < -0.3 is 15.1 Å². The van der Waals surface area contributed by atoms with E-state index in [1.165, 1.54) is 6.42 Å². The quantitative estimate of drug-likeness (QED) is 0.268. The minimum absolute atomic E-state index is 0. The number of nitrogens with one attached hydrogen (secondary N) is 1. The van der Waals surface area contributed by atoms with Crippen LogP contribution in [-0.4, -0.2) is 86.0 Å². The van der Waals surface area contributed by atoms with Crippen LogP contribution in [0.2, 0.25) is 0 Å². The lowest BCUT2D eigenvalue weighted by atomic mass is 9.92. The number of rotatable bonds is 6. The Labute approximate surface area is 183 Å². The molecule has 3 unspecified atom stereocenters. The number of guanidine groups is 1. The first kappa shape index (κ1) is 24.5. The van der Waals surface area contributed by atoms with E-state index in [0.717, 1.165) is 76.3 Å². The Hall–Kier alpha value is -0.570. The van der Waals surface area contributed by atoms with Crippen molar-refractivity contribution in [1.29, 1.82) is 0 Å². The van der Waals surface area contributed by atoms with Crippen molar-refractivity contribution in [2.24, 2.45) is 16.8 Å². The highest BCUT2D eigenvalue weighted by molar-refractivity contribution is 14.0. The van der Waals surface area contributed by atoms with Gasteiger partial charge in [-0.1, -0.05) is 13.8 Å². The summed E-state index contributed by atoms with van der Waals surface area (Å²) in [5, 5.41) is 3.47. The van der Waals surface area contributed by atoms with Crippen LogP contribution in [0.25, 0.3) is 0 Å². The second-order valence-electron chi connectivity index (χ2n) is 8.37. The predicted molar refractivity (Wildman–Crippen MR) is 124 cm³/mol. The van der Waals surface area contributed by atoms with Gasteiger partial charge >= 0.3 is 0 Å². The minimum Gasteiger partial charge on any atom is -0.357 e. The second-order valence-corrected chi connectivity index (χ2v) is 8.37. The number of hydrogen-bond acceptors (Lipinski definition) is 3. The first-order valence-electron chi connectivity index (χ1n) is 10.4. The Bertz CT molecular complexity index is 475. The van der Waals surface area contributed by atoms with Crippen LogP contribution in [0.15, 0.2) is 4.99 Å². The summed E-state index contributed by atoms with van der Waals surface area (Å²) < 4.78 is 0. The molecule has 27 heavy (non-hydrogen) atoms. The summed E-state index contributed by atoms with van der Waals surface area (Å²) in [6.45, 7) is 12.7. The van der Waals surface area contributed by atoms with Crippen LogP contribution >= 0.6 is 24.0 Å². The molecular formula is C20H40IN5O. The van der Waals surface area contributed by atoms with Crippen molar-refractivity contribution in [3.05, 3.63) is 0 Å². The van der Waals surface area contributed by atoms with Crippen LogP contribution in [-0.2, 0) is 4.79 Å². The lowest BCUT2D eigenvalue weighted by Crippen LogP contribution is -2.48. The maximum atomic E-state index is 12.3. The number of halogens is 1. The number of amides is 1. The van der Waals surface area contributed by atoms with Gasteiger partial charge in [-0.25, -0.2) is 0 Å². The van der Waals surface area contributed by atoms with Gasteiger partial charge in [0.25, 0.3) is 0 Å². The van der Waals surface area contributed by atoms with Crippen LogP contribution in [0.3, 0.4) is 0 Å². The average Bonchev–Trinajstić information content (AvgIpc) is 3.04. The Kier molecular flexibility index (Phi) is 11.0. The number of piperidine rings is 1. The summed E-state index contributed by atoms with van der Waals surface area (Å²) in [5.41, 5.74) is 0. The molecule has 158 valence electrons. The molecule has 1 N–H and O–H groups in total. The summed E-state index contributed by atoms with van der Waals surface area (Å²) >= 11 is 0. The van der Waals surface area contributed by atoms with Crippen LogP contribution in [0.5, 0.6) is 0 Å². The molecule has 0 spiro atoms. The maximum Gasteiger partial charge on any atom is 0.239 e. The van der Waals surface area contributed by atoms with E-state index in [-0.39, 0.29) is 35.9 Å². The fourth-order valence-electron chi connectivity index (χ4n) is 4.39. The monoisotopic (exact) mass is 493 g/mol. The van der Waals surface area contributed by atoms with Crippen molar-refractivity contribution >= 4 is 35.8 Å². The van der Waals surface area contributed by atoms with E-state index in [0.29, 0.717) is 0 Å². The van der Waals surface area contributed by atoms with Crippen molar-refractivity contribution in [2.75, 3.05) is 53.4 Å². The van der Waals surface area contributed by atoms with Crippen LogP contribution in [0.4, 0.5) is 0 Å². The lowest BCUT2D eigenvalue weighted by molar-refractivity contribution is -0.133. The molecule has 2 heterocycles. The molecule has 0 bridgehead atoms. The Morgan fingerprint density at radius 3 is 2.48 bits per heavy atom. The minimum atomic E-state index is 0. The van der Waals surface area contributed by atoms with Gasteiger partial charge in [0.15, 0.2) is 5.96 Å². The maximum absolute atomic E-state index is 12.3. The standard InChI is InChI=1S/C20H39N5O.HI/c1-6-21-20(25-14-16(2)13-17(3)15-25)22-10-8-12-24-11-7-9-18(24)19(26)23(4)5;/h16-18H,6-15H2,1-5H3,(H,21,22);1H. The second kappa shape index (κ2) is 12.1. The van der Waals surface area contributed by atoms with Gasteiger partial charge in [0, 0.05) is 46.8 Å². The van der Waals surface area contributed by atoms with Crippen LogP contribution in [0, 0.1) is 11.8 Å². The highest BCUT2D eigenvalue weighted by Gasteiger charge is 2.31. The van der Waals surface area contributed by atoms with E-state index in [1.807, 2.05) is 14.1 Å². The number of nitrogens with zero attached hydrogens (tertiary/aromatic N) is 4. The fraction of sp³-hybridized carbons (Fsp3) is 0.900. The molecule has 0 aliphatic carbocycles. The third-order valence-electron chi connectivity index (χ3n) is 5.46. The SMILES string of the molecule is CCNC(=NCCCN1CCCC1C(=O)N(C)C)N1CC(C)CC(C)C1.I.